The highest BCUT2D eigenvalue weighted by molar-refractivity contribution is 6.31. The van der Waals surface area contributed by atoms with Gasteiger partial charge in [-0.05, 0) is 36.8 Å². The Labute approximate surface area is 142 Å². The van der Waals surface area contributed by atoms with Crippen LogP contribution in [0.15, 0.2) is 59.3 Å². The lowest BCUT2D eigenvalue weighted by atomic mass is 10.1. The van der Waals surface area contributed by atoms with Gasteiger partial charge in [0.05, 0.1) is 24.5 Å². The van der Waals surface area contributed by atoms with E-state index in [0.29, 0.717) is 5.57 Å². The van der Waals surface area contributed by atoms with Crippen molar-refractivity contribution in [1.82, 2.24) is 0 Å². The van der Waals surface area contributed by atoms with Crippen LogP contribution in [0.2, 0.25) is 0 Å². The molecule has 5 heteroatoms. The van der Waals surface area contributed by atoms with Crippen molar-refractivity contribution in [2.45, 2.75) is 6.92 Å². The summed E-state index contributed by atoms with van der Waals surface area (Å²) in [6.45, 7) is 1.86. The molecule has 1 aliphatic rings. The molecule has 3 rings (SSSR count). The highest BCUT2D eigenvalue weighted by Gasteiger charge is 2.37. The third-order valence-corrected chi connectivity index (χ3v) is 4.03. The molecule has 0 radical (unpaired) electrons. The van der Waals surface area contributed by atoms with Crippen LogP contribution in [0.3, 0.4) is 0 Å². The van der Waals surface area contributed by atoms with E-state index in [4.69, 9.17) is 0 Å². The fourth-order valence-corrected chi connectivity index (χ4v) is 2.61. The van der Waals surface area contributed by atoms with Crippen molar-refractivity contribution < 1.29 is 9.36 Å². The van der Waals surface area contributed by atoms with Crippen LogP contribution in [0.5, 0.6) is 0 Å². The van der Waals surface area contributed by atoms with Crippen LogP contribution in [0, 0.1) is 0 Å². The first-order chi connectivity index (χ1) is 11.5. The van der Waals surface area contributed by atoms with E-state index in [0.717, 1.165) is 22.8 Å². The second-order valence-electron chi connectivity index (χ2n) is 6.02. The van der Waals surface area contributed by atoms with E-state index < -0.39 is 0 Å². The van der Waals surface area contributed by atoms with Crippen molar-refractivity contribution in [2.75, 3.05) is 24.0 Å². The van der Waals surface area contributed by atoms with Crippen molar-refractivity contribution in [3.05, 3.63) is 59.8 Å². The first-order valence-electron chi connectivity index (χ1n) is 7.81. The number of hydrazone groups is 1. The van der Waals surface area contributed by atoms with E-state index in [9.17, 15) is 4.79 Å². The Balaban J connectivity index is 1.91. The van der Waals surface area contributed by atoms with Gasteiger partial charge in [-0.15, -0.1) is 0 Å². The maximum Gasteiger partial charge on any atom is 0.368 e. The van der Waals surface area contributed by atoms with Gasteiger partial charge < -0.3 is 4.90 Å². The van der Waals surface area contributed by atoms with Crippen LogP contribution >= 0.6 is 0 Å². The predicted molar refractivity (Wildman–Crippen MR) is 97.0 cm³/mol. The second kappa shape index (κ2) is 6.28. The summed E-state index contributed by atoms with van der Waals surface area (Å²) in [5, 5.41) is 5.88. The molecule has 2 heterocycles. The van der Waals surface area contributed by atoms with E-state index in [-0.39, 0.29) is 5.91 Å². The van der Waals surface area contributed by atoms with Gasteiger partial charge in [0, 0.05) is 25.8 Å². The molecular weight excluding hydrogens is 300 g/mol. The third kappa shape index (κ3) is 2.93. The molecule has 1 aromatic heterocycles. The van der Waals surface area contributed by atoms with Crippen molar-refractivity contribution in [3.63, 3.8) is 0 Å². The van der Waals surface area contributed by atoms with Crippen LogP contribution in [0.4, 0.5) is 11.5 Å². The van der Waals surface area contributed by atoms with Crippen LogP contribution in [-0.4, -0.2) is 25.7 Å². The Hall–Kier alpha value is -2.95. The summed E-state index contributed by atoms with van der Waals surface area (Å²) in [4.78, 5) is 14.8. The molecule has 0 saturated heterocycles. The lowest BCUT2D eigenvalue weighted by Crippen LogP contribution is -2.37. The van der Waals surface area contributed by atoms with Crippen LogP contribution in [0.25, 0.3) is 6.08 Å². The number of aryl methyl sites for hydroxylation is 1. The number of nitrogens with zero attached hydrogens (tertiary/aromatic N) is 4. The number of anilines is 2. The first-order valence-corrected chi connectivity index (χ1v) is 7.81. The Kier molecular flexibility index (Phi) is 4.16. The molecule has 1 aliphatic heterocycles. The first kappa shape index (κ1) is 15.9. The Morgan fingerprint density at radius 3 is 2.46 bits per heavy atom. The zero-order chi connectivity index (χ0) is 17.3. The summed E-state index contributed by atoms with van der Waals surface area (Å²) in [5.41, 5.74) is 3.45. The second-order valence-corrected chi connectivity index (χ2v) is 6.02. The third-order valence-electron chi connectivity index (χ3n) is 4.03. The van der Waals surface area contributed by atoms with E-state index in [1.54, 1.807) is 0 Å². The highest BCUT2D eigenvalue weighted by Crippen LogP contribution is 2.23. The number of hydrogen-bond donors (Lipinski definition) is 0. The van der Waals surface area contributed by atoms with Crippen molar-refractivity contribution in [1.29, 1.82) is 0 Å². The molecule has 1 amide bonds. The number of benzene rings is 1. The molecule has 0 spiro atoms. The largest absolute Gasteiger partial charge is 0.378 e. The molecule has 0 unspecified atom stereocenters. The number of aromatic nitrogens is 1. The summed E-state index contributed by atoms with van der Waals surface area (Å²) in [7, 11) is 5.90. The summed E-state index contributed by atoms with van der Waals surface area (Å²) in [6.07, 6.45) is 3.79. The quantitative estimate of drug-likeness (QED) is 0.643. The fraction of sp³-hybridized carbons (Fsp3) is 0.211. The molecule has 0 aliphatic carbocycles. The normalized spacial score (nSPS) is 15.8. The number of carbonyl (C=O) groups is 1. The number of carbonyl (C=O) groups excluding carboxylic acids is 1. The van der Waals surface area contributed by atoms with E-state index in [1.807, 2.05) is 92.3 Å². The van der Waals surface area contributed by atoms with Gasteiger partial charge >= 0.3 is 11.7 Å². The zero-order valence-corrected chi connectivity index (χ0v) is 14.4. The minimum absolute atomic E-state index is 0.106. The van der Waals surface area contributed by atoms with Gasteiger partial charge in [-0.2, -0.15) is 0 Å². The Morgan fingerprint density at radius 2 is 1.83 bits per heavy atom. The SMILES string of the molecule is CC1=NN(c2cccc[n+]2C)C(=O)C1=Cc1ccc(N(C)C)cc1. The minimum atomic E-state index is -0.106. The summed E-state index contributed by atoms with van der Waals surface area (Å²) in [6, 6.07) is 13.8. The van der Waals surface area contributed by atoms with E-state index in [1.165, 1.54) is 5.01 Å². The van der Waals surface area contributed by atoms with Crippen LogP contribution in [0.1, 0.15) is 12.5 Å². The summed E-state index contributed by atoms with van der Waals surface area (Å²) in [5.74, 6) is 0.638. The topological polar surface area (TPSA) is 39.8 Å². The van der Waals surface area contributed by atoms with Crippen LogP contribution in [-0.2, 0) is 11.8 Å². The molecule has 122 valence electrons. The van der Waals surface area contributed by atoms with Gasteiger partial charge in [-0.1, -0.05) is 28.3 Å². The molecule has 1 aromatic carbocycles. The monoisotopic (exact) mass is 321 g/mol. The maximum absolute atomic E-state index is 12.8. The van der Waals surface area contributed by atoms with Crippen LogP contribution < -0.4 is 14.5 Å². The number of hydrogen-bond acceptors (Lipinski definition) is 3. The average Bonchev–Trinajstić information content (AvgIpc) is 2.84. The van der Waals surface area contributed by atoms with Gasteiger partial charge in [0.2, 0.25) is 0 Å². The summed E-state index contributed by atoms with van der Waals surface area (Å²) >= 11 is 0. The minimum Gasteiger partial charge on any atom is -0.378 e. The smallest absolute Gasteiger partial charge is 0.368 e. The number of amides is 1. The van der Waals surface area contributed by atoms with Gasteiger partial charge in [0.1, 0.15) is 0 Å². The number of pyridine rings is 1. The van der Waals surface area contributed by atoms with Gasteiger partial charge in [0.25, 0.3) is 0 Å². The van der Waals surface area contributed by atoms with Crippen molar-refractivity contribution in [2.24, 2.45) is 12.1 Å². The standard InChI is InChI=1S/C19H21N4O/c1-14-17(13-15-8-10-16(11-9-15)21(2)3)19(24)23(20-14)18-7-5-6-12-22(18)4/h5-13H,1-4H3/q+1. The summed E-state index contributed by atoms with van der Waals surface area (Å²) < 4.78 is 1.88. The molecule has 24 heavy (non-hydrogen) atoms. The Morgan fingerprint density at radius 1 is 1.12 bits per heavy atom. The van der Waals surface area contributed by atoms with Gasteiger partial charge in [-0.3, -0.25) is 0 Å². The lowest BCUT2D eigenvalue weighted by Gasteiger charge is -2.11. The molecular formula is C19H21N4O+. The molecule has 5 nitrogen and oxygen atoms in total. The molecule has 0 atom stereocenters. The lowest BCUT2D eigenvalue weighted by molar-refractivity contribution is -0.658. The van der Waals surface area contributed by atoms with Gasteiger partial charge in [-0.25, -0.2) is 9.36 Å². The fourth-order valence-electron chi connectivity index (χ4n) is 2.61. The predicted octanol–water partition coefficient (Wildman–Crippen LogP) is 2.38. The highest BCUT2D eigenvalue weighted by atomic mass is 16.2. The average molecular weight is 321 g/mol. The van der Waals surface area contributed by atoms with E-state index >= 15 is 0 Å². The zero-order valence-electron chi connectivity index (χ0n) is 14.4. The molecule has 0 saturated carbocycles. The Bertz CT molecular complexity index is 835. The molecule has 0 fully saturated rings. The van der Waals surface area contributed by atoms with Crippen molar-refractivity contribution >= 4 is 29.2 Å². The van der Waals surface area contributed by atoms with Crippen molar-refractivity contribution in [3.8, 4) is 0 Å². The molecule has 0 N–H and O–H groups in total. The van der Waals surface area contributed by atoms with Gasteiger partial charge in [0.15, 0.2) is 0 Å². The van der Waals surface area contributed by atoms with E-state index in [2.05, 4.69) is 5.10 Å². The number of rotatable bonds is 3. The molecule has 0 bridgehead atoms. The maximum atomic E-state index is 12.8. The molecule has 2 aromatic rings.